The molecule has 0 fully saturated rings. The Kier molecular flexibility index (Phi) is 3.14. The van der Waals surface area contributed by atoms with Crippen LogP contribution < -0.4 is 0 Å². The predicted octanol–water partition coefficient (Wildman–Crippen LogP) is 3.29. The van der Waals surface area contributed by atoms with Gasteiger partial charge in [-0.05, 0) is 31.5 Å². The minimum Gasteiger partial charge on any atom is -0.469 e. The van der Waals surface area contributed by atoms with E-state index in [4.69, 9.17) is 4.42 Å². The van der Waals surface area contributed by atoms with Crippen molar-refractivity contribution in [1.29, 1.82) is 0 Å². The zero-order valence-electron chi connectivity index (χ0n) is 10.1. The number of hydrogen-bond donors (Lipinski definition) is 0. The zero-order chi connectivity index (χ0) is 12.3. The Labute approximate surface area is 101 Å². The van der Waals surface area contributed by atoms with E-state index < -0.39 is 5.41 Å². The summed E-state index contributed by atoms with van der Waals surface area (Å²) in [5.74, 6) is 0.834. The van der Waals surface area contributed by atoms with Gasteiger partial charge in [0.05, 0.1) is 11.7 Å². The number of furan rings is 1. The minimum atomic E-state index is -0.524. The molecule has 0 amide bonds. The summed E-state index contributed by atoms with van der Waals surface area (Å²) in [6.07, 6.45) is 3.23. The largest absolute Gasteiger partial charge is 0.469 e. The number of aldehydes is 1. The van der Waals surface area contributed by atoms with E-state index in [2.05, 4.69) is 6.07 Å². The molecule has 0 N–H and O–H groups in total. The van der Waals surface area contributed by atoms with Crippen molar-refractivity contribution in [2.24, 2.45) is 0 Å². The molecular weight excluding hydrogens is 212 g/mol. The Morgan fingerprint density at radius 2 is 2.12 bits per heavy atom. The summed E-state index contributed by atoms with van der Waals surface area (Å²) in [7, 11) is 0. The molecule has 1 aromatic carbocycles. The summed E-state index contributed by atoms with van der Waals surface area (Å²) in [6.45, 7) is 3.97. The van der Waals surface area contributed by atoms with Gasteiger partial charge in [-0.1, -0.05) is 29.8 Å². The summed E-state index contributed by atoms with van der Waals surface area (Å²) in [4.78, 5) is 11.4. The lowest BCUT2D eigenvalue weighted by Gasteiger charge is -2.22. The Bertz CT molecular complexity index is 499. The van der Waals surface area contributed by atoms with Crippen LogP contribution in [0.25, 0.3) is 0 Å². The minimum absolute atomic E-state index is 0.524. The molecule has 0 bridgehead atoms. The predicted molar refractivity (Wildman–Crippen MR) is 67.0 cm³/mol. The third-order valence-electron chi connectivity index (χ3n) is 3.06. The number of hydrogen-bond acceptors (Lipinski definition) is 2. The van der Waals surface area contributed by atoms with Crippen LogP contribution in [0, 0.1) is 6.92 Å². The maximum absolute atomic E-state index is 11.4. The van der Waals surface area contributed by atoms with E-state index in [0.29, 0.717) is 6.42 Å². The van der Waals surface area contributed by atoms with Crippen molar-refractivity contribution in [3.8, 4) is 0 Å². The van der Waals surface area contributed by atoms with Gasteiger partial charge in [-0.2, -0.15) is 0 Å². The fourth-order valence-corrected chi connectivity index (χ4v) is 1.99. The molecule has 0 saturated heterocycles. The SMILES string of the molecule is Cc1cccc(C(C)(C=O)Cc2ccco2)c1. The lowest BCUT2D eigenvalue weighted by atomic mass is 9.80. The van der Waals surface area contributed by atoms with E-state index in [1.165, 1.54) is 0 Å². The van der Waals surface area contributed by atoms with Crippen LogP contribution in [-0.4, -0.2) is 6.29 Å². The highest BCUT2D eigenvalue weighted by molar-refractivity contribution is 5.68. The van der Waals surface area contributed by atoms with Gasteiger partial charge in [-0.15, -0.1) is 0 Å². The Balaban J connectivity index is 2.34. The number of rotatable bonds is 4. The van der Waals surface area contributed by atoms with Crippen molar-refractivity contribution in [2.75, 3.05) is 0 Å². The van der Waals surface area contributed by atoms with Crippen molar-refractivity contribution < 1.29 is 9.21 Å². The van der Waals surface area contributed by atoms with Crippen LogP contribution in [0.3, 0.4) is 0 Å². The molecule has 2 heteroatoms. The van der Waals surface area contributed by atoms with Gasteiger partial charge in [0.1, 0.15) is 12.0 Å². The second-order valence-corrected chi connectivity index (χ2v) is 4.66. The van der Waals surface area contributed by atoms with Crippen molar-refractivity contribution >= 4 is 6.29 Å². The maximum Gasteiger partial charge on any atom is 0.130 e. The number of carbonyl (C=O) groups excluding carboxylic acids is 1. The van der Waals surface area contributed by atoms with Gasteiger partial charge in [0.2, 0.25) is 0 Å². The van der Waals surface area contributed by atoms with Gasteiger partial charge in [0, 0.05) is 6.42 Å². The molecule has 0 radical (unpaired) electrons. The molecule has 1 atom stereocenters. The van der Waals surface area contributed by atoms with E-state index in [9.17, 15) is 4.79 Å². The van der Waals surface area contributed by atoms with Crippen LogP contribution in [0.5, 0.6) is 0 Å². The highest BCUT2D eigenvalue weighted by Gasteiger charge is 2.27. The van der Waals surface area contributed by atoms with Gasteiger partial charge in [-0.3, -0.25) is 0 Å². The van der Waals surface area contributed by atoms with E-state index in [1.54, 1.807) is 6.26 Å². The Morgan fingerprint density at radius 1 is 1.29 bits per heavy atom. The van der Waals surface area contributed by atoms with Gasteiger partial charge < -0.3 is 9.21 Å². The first kappa shape index (κ1) is 11.6. The molecule has 1 aromatic heterocycles. The molecule has 17 heavy (non-hydrogen) atoms. The Hall–Kier alpha value is -1.83. The zero-order valence-corrected chi connectivity index (χ0v) is 10.1. The lowest BCUT2D eigenvalue weighted by molar-refractivity contribution is -0.112. The molecule has 0 aliphatic rings. The molecule has 0 spiro atoms. The van der Waals surface area contributed by atoms with E-state index >= 15 is 0 Å². The van der Waals surface area contributed by atoms with Gasteiger partial charge in [0.15, 0.2) is 0 Å². The first-order chi connectivity index (χ1) is 8.14. The van der Waals surface area contributed by atoms with E-state index in [0.717, 1.165) is 23.2 Å². The summed E-state index contributed by atoms with van der Waals surface area (Å²) in [6, 6.07) is 11.8. The molecule has 0 aliphatic heterocycles. The van der Waals surface area contributed by atoms with Crippen molar-refractivity contribution in [3.05, 3.63) is 59.5 Å². The summed E-state index contributed by atoms with van der Waals surface area (Å²) < 4.78 is 5.32. The molecule has 1 heterocycles. The standard InChI is InChI=1S/C15H16O2/c1-12-5-3-6-13(9-12)15(2,11-16)10-14-7-4-8-17-14/h3-9,11H,10H2,1-2H3. The monoisotopic (exact) mass is 228 g/mol. The lowest BCUT2D eigenvalue weighted by Crippen LogP contribution is -2.26. The molecular formula is C15H16O2. The van der Waals surface area contributed by atoms with Gasteiger partial charge >= 0.3 is 0 Å². The number of carbonyl (C=O) groups is 1. The molecule has 2 rings (SSSR count). The van der Waals surface area contributed by atoms with Crippen molar-refractivity contribution in [3.63, 3.8) is 0 Å². The number of aryl methyl sites for hydroxylation is 1. The summed E-state index contributed by atoms with van der Waals surface area (Å²) in [5.41, 5.74) is 1.67. The van der Waals surface area contributed by atoms with Crippen molar-refractivity contribution in [2.45, 2.75) is 25.7 Å². The van der Waals surface area contributed by atoms with Gasteiger partial charge in [0.25, 0.3) is 0 Å². The van der Waals surface area contributed by atoms with Crippen molar-refractivity contribution in [1.82, 2.24) is 0 Å². The first-order valence-corrected chi connectivity index (χ1v) is 5.70. The Morgan fingerprint density at radius 3 is 2.71 bits per heavy atom. The maximum atomic E-state index is 11.4. The molecule has 2 aromatic rings. The van der Waals surface area contributed by atoms with Crippen LogP contribution in [-0.2, 0) is 16.6 Å². The summed E-state index contributed by atoms with van der Waals surface area (Å²) in [5, 5.41) is 0. The first-order valence-electron chi connectivity index (χ1n) is 5.70. The average molecular weight is 228 g/mol. The molecule has 1 unspecified atom stereocenters. The quantitative estimate of drug-likeness (QED) is 0.752. The fraction of sp³-hybridized carbons (Fsp3) is 0.267. The van der Waals surface area contributed by atoms with Gasteiger partial charge in [-0.25, -0.2) is 0 Å². The normalized spacial score (nSPS) is 14.2. The molecule has 0 saturated carbocycles. The highest BCUT2D eigenvalue weighted by atomic mass is 16.3. The molecule has 88 valence electrons. The summed E-state index contributed by atoms with van der Waals surface area (Å²) >= 11 is 0. The van der Waals surface area contributed by atoms with Crippen LogP contribution in [0.1, 0.15) is 23.8 Å². The number of benzene rings is 1. The average Bonchev–Trinajstić information content (AvgIpc) is 2.81. The van der Waals surface area contributed by atoms with Crippen LogP contribution in [0.2, 0.25) is 0 Å². The van der Waals surface area contributed by atoms with Crippen LogP contribution in [0.4, 0.5) is 0 Å². The fourth-order valence-electron chi connectivity index (χ4n) is 1.99. The van der Waals surface area contributed by atoms with E-state index in [-0.39, 0.29) is 0 Å². The smallest absolute Gasteiger partial charge is 0.130 e. The second kappa shape index (κ2) is 4.58. The third kappa shape index (κ3) is 2.47. The van der Waals surface area contributed by atoms with Crippen LogP contribution >= 0.6 is 0 Å². The van der Waals surface area contributed by atoms with E-state index in [1.807, 2.05) is 44.2 Å². The molecule has 0 aliphatic carbocycles. The van der Waals surface area contributed by atoms with Crippen LogP contribution in [0.15, 0.2) is 47.1 Å². The topological polar surface area (TPSA) is 30.2 Å². The molecule has 2 nitrogen and oxygen atoms in total. The third-order valence-corrected chi connectivity index (χ3v) is 3.06. The highest BCUT2D eigenvalue weighted by Crippen LogP contribution is 2.27. The second-order valence-electron chi connectivity index (χ2n) is 4.66.